The molecule has 0 radical (unpaired) electrons. The predicted octanol–water partition coefficient (Wildman–Crippen LogP) is 5.01. The molecule has 0 saturated carbocycles. The average molecular weight is 461 g/mol. The number of hydrogen-bond donors (Lipinski definition) is 2. The van der Waals surface area contributed by atoms with Crippen molar-refractivity contribution in [2.75, 3.05) is 25.0 Å². The van der Waals surface area contributed by atoms with Crippen molar-refractivity contribution in [1.29, 1.82) is 0 Å². The van der Waals surface area contributed by atoms with Crippen LogP contribution in [0.3, 0.4) is 0 Å². The molecule has 3 aromatic rings. The van der Waals surface area contributed by atoms with Crippen molar-refractivity contribution in [3.05, 3.63) is 89.1 Å². The van der Waals surface area contributed by atoms with Gasteiger partial charge in [-0.05, 0) is 74.5 Å². The lowest BCUT2D eigenvalue weighted by Crippen LogP contribution is -2.29. The molecule has 0 unspecified atom stereocenters. The van der Waals surface area contributed by atoms with Crippen molar-refractivity contribution < 1.29 is 13.6 Å². The van der Waals surface area contributed by atoms with Crippen LogP contribution in [0.4, 0.5) is 14.5 Å². The monoisotopic (exact) mass is 460 g/mol. The fourth-order valence-electron chi connectivity index (χ4n) is 4.43. The van der Waals surface area contributed by atoms with Gasteiger partial charge in [-0.1, -0.05) is 12.5 Å². The second-order valence-corrected chi connectivity index (χ2v) is 8.75. The number of amides is 1. The third-order valence-corrected chi connectivity index (χ3v) is 6.27. The Hall–Kier alpha value is -3.58. The highest BCUT2D eigenvalue weighted by atomic mass is 19.1. The van der Waals surface area contributed by atoms with E-state index in [0.29, 0.717) is 17.0 Å². The minimum absolute atomic E-state index is 0.239. The van der Waals surface area contributed by atoms with Crippen LogP contribution in [0.25, 0.3) is 16.6 Å². The largest absolute Gasteiger partial charge is 0.380 e. The first-order valence-electron chi connectivity index (χ1n) is 11.6. The van der Waals surface area contributed by atoms with Crippen LogP contribution in [-0.2, 0) is 11.3 Å². The van der Waals surface area contributed by atoms with Gasteiger partial charge in [0.25, 0.3) is 5.91 Å². The molecule has 0 atom stereocenters. The van der Waals surface area contributed by atoms with E-state index in [1.165, 1.54) is 31.4 Å². The number of likely N-dealkylation sites (tertiary alicyclic amines) is 1. The molecule has 0 spiro atoms. The first-order chi connectivity index (χ1) is 16.5. The number of nitrogens with zero attached hydrogens (tertiary/aromatic N) is 2. The van der Waals surface area contributed by atoms with Crippen molar-refractivity contribution >= 4 is 28.2 Å². The molecule has 1 fully saturated rings. The number of fused-ring (bicyclic) bond motifs is 1. The van der Waals surface area contributed by atoms with E-state index in [0.717, 1.165) is 42.3 Å². The fourth-order valence-corrected chi connectivity index (χ4v) is 4.43. The van der Waals surface area contributed by atoms with Gasteiger partial charge in [0, 0.05) is 47.1 Å². The molecular weight excluding hydrogens is 434 g/mol. The Morgan fingerprint density at radius 3 is 2.62 bits per heavy atom. The Morgan fingerprint density at radius 1 is 1.00 bits per heavy atom. The Morgan fingerprint density at radius 2 is 1.85 bits per heavy atom. The second-order valence-electron chi connectivity index (χ2n) is 8.75. The van der Waals surface area contributed by atoms with Crippen LogP contribution in [0, 0.1) is 11.6 Å². The maximum absolute atomic E-state index is 14.0. The molecule has 174 valence electrons. The van der Waals surface area contributed by atoms with E-state index < -0.39 is 11.6 Å². The van der Waals surface area contributed by atoms with Gasteiger partial charge in [-0.15, -0.1) is 0 Å². The minimum atomic E-state index is -0.649. The normalized spacial score (nSPS) is 16.5. The van der Waals surface area contributed by atoms with Gasteiger partial charge >= 0.3 is 0 Å². The summed E-state index contributed by atoms with van der Waals surface area (Å²) in [5.74, 6) is -1.52. The number of nitrogens with one attached hydrogen (secondary N) is 2. The summed E-state index contributed by atoms with van der Waals surface area (Å²) in [6, 6.07) is 13.2. The third-order valence-electron chi connectivity index (χ3n) is 6.27. The lowest BCUT2D eigenvalue weighted by Gasteiger charge is -2.26. The Balaban J connectivity index is 1.26. The molecule has 2 aliphatic heterocycles. The highest BCUT2D eigenvalue weighted by molar-refractivity contribution is 6.05. The van der Waals surface area contributed by atoms with Crippen molar-refractivity contribution in [1.82, 2.24) is 15.2 Å². The summed E-state index contributed by atoms with van der Waals surface area (Å²) >= 11 is 0. The quantitative estimate of drug-likeness (QED) is 0.562. The predicted molar refractivity (Wildman–Crippen MR) is 130 cm³/mol. The highest BCUT2D eigenvalue weighted by Crippen LogP contribution is 2.22. The molecule has 2 N–H and O–H groups in total. The molecule has 5 nitrogen and oxygen atoms in total. The standard InChI is InChI=1S/C27H26F2N4O/c28-20-6-9-23(24(29)15-20)26-10-5-19(16-30-26)27(34)32-21-8-11-25-18(14-21)4-7-22(31-25)17-33-12-2-1-3-13-33/h4-11,14-15,30H,1-3,12-13,16-17H2,(H,32,34). The van der Waals surface area contributed by atoms with Crippen LogP contribution in [0.1, 0.15) is 30.5 Å². The van der Waals surface area contributed by atoms with E-state index in [2.05, 4.69) is 21.6 Å². The van der Waals surface area contributed by atoms with E-state index in [9.17, 15) is 13.6 Å². The molecule has 3 heterocycles. The van der Waals surface area contributed by atoms with Crippen LogP contribution in [0.2, 0.25) is 0 Å². The number of rotatable bonds is 5. The van der Waals surface area contributed by atoms with E-state index >= 15 is 0 Å². The number of pyridine rings is 1. The van der Waals surface area contributed by atoms with Gasteiger partial charge < -0.3 is 10.6 Å². The summed E-state index contributed by atoms with van der Waals surface area (Å²) in [7, 11) is 0. The number of carbonyl (C=O) groups excluding carboxylic acids is 1. The Labute approximate surface area is 197 Å². The number of aromatic nitrogens is 1. The first-order valence-corrected chi connectivity index (χ1v) is 11.6. The maximum Gasteiger partial charge on any atom is 0.253 e. The lowest BCUT2D eigenvalue weighted by atomic mass is 10.1. The molecule has 1 amide bonds. The number of piperidine rings is 1. The van der Waals surface area contributed by atoms with Crippen LogP contribution in [0.15, 0.2) is 66.3 Å². The Bertz CT molecular complexity index is 1300. The highest BCUT2D eigenvalue weighted by Gasteiger charge is 2.17. The van der Waals surface area contributed by atoms with E-state index in [1.54, 1.807) is 12.2 Å². The minimum Gasteiger partial charge on any atom is -0.380 e. The van der Waals surface area contributed by atoms with Crippen LogP contribution >= 0.6 is 0 Å². The summed E-state index contributed by atoms with van der Waals surface area (Å²) in [4.78, 5) is 20.0. The molecule has 7 heteroatoms. The van der Waals surface area contributed by atoms with Gasteiger partial charge in [-0.2, -0.15) is 0 Å². The fraction of sp³-hybridized carbons (Fsp3) is 0.259. The van der Waals surface area contributed by atoms with E-state index in [-0.39, 0.29) is 18.0 Å². The van der Waals surface area contributed by atoms with Crippen molar-refractivity contribution in [2.24, 2.45) is 0 Å². The van der Waals surface area contributed by atoms with Gasteiger partial charge in [0.2, 0.25) is 0 Å². The summed E-state index contributed by atoms with van der Waals surface area (Å²) in [6.07, 6.45) is 7.10. The number of benzene rings is 2. The molecular formula is C27H26F2N4O. The molecule has 2 aliphatic rings. The molecule has 2 aromatic carbocycles. The van der Waals surface area contributed by atoms with Crippen LogP contribution < -0.4 is 10.6 Å². The van der Waals surface area contributed by atoms with E-state index in [4.69, 9.17) is 4.98 Å². The lowest BCUT2D eigenvalue weighted by molar-refractivity contribution is -0.112. The zero-order valence-electron chi connectivity index (χ0n) is 18.8. The second kappa shape index (κ2) is 9.73. The molecule has 0 aliphatic carbocycles. The third kappa shape index (κ3) is 4.99. The number of carbonyl (C=O) groups is 1. The number of allylic oxidation sites excluding steroid dienone is 2. The number of dihydropyridines is 1. The van der Waals surface area contributed by atoms with Crippen LogP contribution in [-0.4, -0.2) is 35.4 Å². The van der Waals surface area contributed by atoms with Gasteiger partial charge in [-0.3, -0.25) is 14.7 Å². The SMILES string of the molecule is O=C(Nc1ccc2nc(CN3CCCCC3)ccc2c1)C1=CC=C(c2ccc(F)cc2F)NC1. The van der Waals surface area contributed by atoms with Crippen molar-refractivity contribution in [3.63, 3.8) is 0 Å². The summed E-state index contributed by atoms with van der Waals surface area (Å²) in [6.45, 7) is 3.37. The zero-order valence-corrected chi connectivity index (χ0v) is 18.8. The summed E-state index contributed by atoms with van der Waals surface area (Å²) < 4.78 is 27.2. The number of halogens is 2. The van der Waals surface area contributed by atoms with Crippen LogP contribution in [0.5, 0.6) is 0 Å². The average Bonchev–Trinajstić information content (AvgIpc) is 2.85. The first kappa shape index (κ1) is 22.2. The van der Waals surface area contributed by atoms with Gasteiger partial charge in [0.1, 0.15) is 11.6 Å². The molecule has 1 aromatic heterocycles. The molecule has 1 saturated heterocycles. The number of hydrogen-bond acceptors (Lipinski definition) is 4. The molecule has 34 heavy (non-hydrogen) atoms. The summed E-state index contributed by atoms with van der Waals surface area (Å²) in [5, 5.41) is 6.92. The zero-order chi connectivity index (χ0) is 23.5. The van der Waals surface area contributed by atoms with Gasteiger partial charge in [0.15, 0.2) is 0 Å². The summed E-state index contributed by atoms with van der Waals surface area (Å²) in [5.41, 5.74) is 3.93. The smallest absolute Gasteiger partial charge is 0.253 e. The van der Waals surface area contributed by atoms with Gasteiger partial charge in [0.05, 0.1) is 11.2 Å². The van der Waals surface area contributed by atoms with E-state index in [1.807, 2.05) is 24.3 Å². The van der Waals surface area contributed by atoms with Crippen molar-refractivity contribution in [3.8, 4) is 0 Å². The number of anilines is 1. The molecule has 0 bridgehead atoms. The topological polar surface area (TPSA) is 57.3 Å². The van der Waals surface area contributed by atoms with Gasteiger partial charge in [-0.25, -0.2) is 8.78 Å². The maximum atomic E-state index is 14.0. The Kier molecular flexibility index (Phi) is 6.36. The molecule has 5 rings (SSSR count). The van der Waals surface area contributed by atoms with Crippen molar-refractivity contribution in [2.45, 2.75) is 25.8 Å².